The number of likely N-dealkylation sites (tertiary alicyclic amines) is 1. The second-order valence-corrected chi connectivity index (χ2v) is 4.70. The number of hydrogen-bond acceptors (Lipinski definition) is 3. The van der Waals surface area contributed by atoms with Gasteiger partial charge in [-0.25, -0.2) is 4.39 Å². The van der Waals surface area contributed by atoms with Crippen molar-refractivity contribution in [2.75, 3.05) is 6.54 Å². The lowest BCUT2D eigenvalue weighted by Crippen LogP contribution is -2.43. The number of nitrogens with zero attached hydrogens (tertiary/aromatic N) is 2. The molecule has 0 spiro atoms. The normalized spacial score (nSPS) is 19.8. The van der Waals surface area contributed by atoms with Crippen LogP contribution in [0.1, 0.15) is 28.8 Å². The van der Waals surface area contributed by atoms with Gasteiger partial charge in [0.25, 0.3) is 5.91 Å². The number of oxime groups is 1. The molecule has 1 amide bonds. The van der Waals surface area contributed by atoms with Crippen molar-refractivity contribution in [1.29, 1.82) is 0 Å². The molecule has 19 heavy (non-hydrogen) atoms. The third-order valence-electron chi connectivity index (χ3n) is 3.26. The smallest absolute Gasteiger partial charge is 0.254 e. The van der Waals surface area contributed by atoms with Crippen molar-refractivity contribution in [3.63, 3.8) is 0 Å². The zero-order valence-electron chi connectivity index (χ0n) is 10.6. The summed E-state index contributed by atoms with van der Waals surface area (Å²) in [6, 6.07) is 3.78. The molecule has 0 aliphatic carbocycles. The SMILES string of the molecule is Cc1cc(F)cc(C(=O)N2CCCC2/C(N)=N/O)c1. The lowest BCUT2D eigenvalue weighted by Gasteiger charge is -2.23. The highest BCUT2D eigenvalue weighted by Gasteiger charge is 2.32. The minimum Gasteiger partial charge on any atom is -0.409 e. The fraction of sp³-hybridized carbons (Fsp3) is 0.385. The van der Waals surface area contributed by atoms with E-state index in [0.717, 1.165) is 6.42 Å². The highest BCUT2D eigenvalue weighted by atomic mass is 19.1. The molecule has 1 aliphatic heterocycles. The molecule has 0 saturated carbocycles. The van der Waals surface area contributed by atoms with Crippen LogP contribution in [-0.2, 0) is 0 Å². The molecule has 1 aromatic carbocycles. The molecule has 6 heteroatoms. The van der Waals surface area contributed by atoms with E-state index >= 15 is 0 Å². The molecule has 102 valence electrons. The molecule has 1 atom stereocenters. The number of aryl methyl sites for hydroxylation is 1. The molecule has 1 aromatic rings. The van der Waals surface area contributed by atoms with Crippen molar-refractivity contribution < 1.29 is 14.4 Å². The maximum Gasteiger partial charge on any atom is 0.254 e. The molecule has 1 fully saturated rings. The molecule has 1 aliphatic rings. The van der Waals surface area contributed by atoms with Crippen LogP contribution < -0.4 is 5.73 Å². The lowest BCUT2D eigenvalue weighted by molar-refractivity contribution is 0.0767. The second-order valence-electron chi connectivity index (χ2n) is 4.70. The number of carbonyl (C=O) groups excluding carboxylic acids is 1. The largest absolute Gasteiger partial charge is 0.409 e. The number of carbonyl (C=O) groups is 1. The Kier molecular flexibility index (Phi) is 3.69. The fourth-order valence-corrected chi connectivity index (χ4v) is 2.41. The standard InChI is InChI=1S/C13H16FN3O2/c1-8-5-9(7-10(14)6-8)13(18)17-4-2-3-11(17)12(15)16-19/h5-7,11,19H,2-4H2,1H3,(H2,15,16). The summed E-state index contributed by atoms with van der Waals surface area (Å²) in [6.45, 7) is 2.25. The molecule has 0 bridgehead atoms. The average Bonchev–Trinajstić information content (AvgIpc) is 2.84. The van der Waals surface area contributed by atoms with Gasteiger partial charge in [-0.15, -0.1) is 0 Å². The van der Waals surface area contributed by atoms with E-state index < -0.39 is 11.9 Å². The van der Waals surface area contributed by atoms with Crippen molar-refractivity contribution in [1.82, 2.24) is 4.90 Å². The van der Waals surface area contributed by atoms with Crippen molar-refractivity contribution in [2.45, 2.75) is 25.8 Å². The number of amidine groups is 1. The van der Waals surface area contributed by atoms with Gasteiger partial charge < -0.3 is 15.8 Å². The maximum absolute atomic E-state index is 13.3. The number of benzene rings is 1. The molecular weight excluding hydrogens is 249 g/mol. The third kappa shape index (κ3) is 2.67. The first-order valence-electron chi connectivity index (χ1n) is 6.08. The number of hydrogen-bond donors (Lipinski definition) is 2. The Labute approximate surface area is 110 Å². The Morgan fingerprint density at radius 2 is 2.26 bits per heavy atom. The van der Waals surface area contributed by atoms with Gasteiger partial charge in [-0.05, 0) is 43.5 Å². The van der Waals surface area contributed by atoms with Gasteiger partial charge in [-0.1, -0.05) is 5.16 Å². The molecule has 5 nitrogen and oxygen atoms in total. The maximum atomic E-state index is 13.3. The zero-order valence-corrected chi connectivity index (χ0v) is 10.6. The van der Waals surface area contributed by atoms with Gasteiger partial charge >= 0.3 is 0 Å². The first kappa shape index (κ1) is 13.3. The van der Waals surface area contributed by atoms with Gasteiger partial charge in [-0.2, -0.15) is 0 Å². The first-order valence-corrected chi connectivity index (χ1v) is 6.08. The lowest BCUT2D eigenvalue weighted by atomic mass is 10.1. The van der Waals surface area contributed by atoms with E-state index in [1.54, 1.807) is 13.0 Å². The van der Waals surface area contributed by atoms with Crippen LogP contribution in [0.3, 0.4) is 0 Å². The van der Waals surface area contributed by atoms with Crippen LogP contribution in [0.4, 0.5) is 4.39 Å². The van der Waals surface area contributed by atoms with Gasteiger partial charge in [0.1, 0.15) is 5.82 Å². The molecule has 2 rings (SSSR count). The first-order chi connectivity index (χ1) is 9.02. The van der Waals surface area contributed by atoms with E-state index in [-0.39, 0.29) is 17.3 Å². The van der Waals surface area contributed by atoms with Crippen LogP contribution in [0.2, 0.25) is 0 Å². The fourth-order valence-electron chi connectivity index (χ4n) is 2.41. The Hall–Kier alpha value is -2.11. The monoisotopic (exact) mass is 265 g/mol. The Morgan fingerprint density at radius 3 is 2.89 bits per heavy atom. The van der Waals surface area contributed by atoms with Crippen LogP contribution in [0.5, 0.6) is 0 Å². The minimum absolute atomic E-state index is 0.0129. The summed E-state index contributed by atoms with van der Waals surface area (Å²) in [7, 11) is 0. The minimum atomic E-state index is -0.442. The Bertz CT molecular complexity index is 510. The van der Waals surface area contributed by atoms with Gasteiger partial charge in [-0.3, -0.25) is 4.79 Å². The molecule has 1 saturated heterocycles. The van der Waals surface area contributed by atoms with E-state index in [2.05, 4.69) is 5.16 Å². The number of halogens is 1. The van der Waals surface area contributed by atoms with Crippen molar-refractivity contribution in [3.05, 3.63) is 35.1 Å². The van der Waals surface area contributed by atoms with Crippen molar-refractivity contribution >= 4 is 11.7 Å². The second kappa shape index (κ2) is 5.26. The predicted molar refractivity (Wildman–Crippen MR) is 68.6 cm³/mol. The summed E-state index contributed by atoms with van der Waals surface area (Å²) < 4.78 is 13.3. The third-order valence-corrected chi connectivity index (χ3v) is 3.26. The van der Waals surface area contributed by atoms with Crippen LogP contribution in [0.25, 0.3) is 0 Å². The van der Waals surface area contributed by atoms with E-state index in [0.29, 0.717) is 18.5 Å². The molecular formula is C13H16FN3O2. The molecule has 3 N–H and O–H groups in total. The van der Waals surface area contributed by atoms with E-state index in [4.69, 9.17) is 10.9 Å². The number of nitrogens with two attached hydrogens (primary N) is 1. The van der Waals surface area contributed by atoms with Gasteiger partial charge in [0.05, 0.1) is 6.04 Å². The van der Waals surface area contributed by atoms with Crippen molar-refractivity contribution in [2.24, 2.45) is 10.9 Å². The van der Waals surface area contributed by atoms with Gasteiger partial charge in [0, 0.05) is 12.1 Å². The predicted octanol–water partition coefficient (Wildman–Crippen LogP) is 1.49. The Morgan fingerprint density at radius 1 is 1.53 bits per heavy atom. The highest BCUT2D eigenvalue weighted by Crippen LogP contribution is 2.21. The van der Waals surface area contributed by atoms with Crippen molar-refractivity contribution in [3.8, 4) is 0 Å². The topological polar surface area (TPSA) is 78.9 Å². The van der Waals surface area contributed by atoms with Crippen LogP contribution in [-0.4, -0.2) is 34.4 Å². The van der Waals surface area contributed by atoms with Crippen LogP contribution >= 0.6 is 0 Å². The summed E-state index contributed by atoms with van der Waals surface area (Å²) in [5.41, 5.74) is 6.55. The molecule has 0 aromatic heterocycles. The summed E-state index contributed by atoms with van der Waals surface area (Å²) in [5.74, 6) is -0.724. The molecule has 1 heterocycles. The van der Waals surface area contributed by atoms with Crippen LogP contribution in [0, 0.1) is 12.7 Å². The van der Waals surface area contributed by atoms with E-state index in [1.165, 1.54) is 17.0 Å². The molecule has 0 radical (unpaired) electrons. The van der Waals surface area contributed by atoms with Crippen LogP contribution in [0.15, 0.2) is 23.4 Å². The summed E-state index contributed by atoms with van der Waals surface area (Å²) in [4.78, 5) is 13.9. The number of amides is 1. The summed E-state index contributed by atoms with van der Waals surface area (Å²) >= 11 is 0. The summed E-state index contributed by atoms with van der Waals surface area (Å²) in [5, 5.41) is 11.7. The number of rotatable bonds is 2. The zero-order chi connectivity index (χ0) is 14.0. The van der Waals surface area contributed by atoms with Gasteiger partial charge in [0.15, 0.2) is 5.84 Å². The van der Waals surface area contributed by atoms with E-state index in [9.17, 15) is 9.18 Å². The summed E-state index contributed by atoms with van der Waals surface area (Å²) in [6.07, 6.45) is 1.43. The van der Waals surface area contributed by atoms with E-state index in [1.807, 2.05) is 0 Å². The average molecular weight is 265 g/mol. The molecule has 1 unspecified atom stereocenters. The quantitative estimate of drug-likeness (QED) is 0.368. The highest BCUT2D eigenvalue weighted by molar-refractivity contribution is 5.98. The van der Waals surface area contributed by atoms with Gasteiger partial charge in [0.2, 0.25) is 0 Å². The Balaban J connectivity index is 2.28.